The van der Waals surface area contributed by atoms with Gasteiger partial charge in [0, 0.05) is 10.9 Å². The molecule has 2 heterocycles. The van der Waals surface area contributed by atoms with Crippen molar-refractivity contribution in [1.29, 1.82) is 0 Å². The molecule has 27 heavy (non-hydrogen) atoms. The van der Waals surface area contributed by atoms with E-state index in [1.165, 1.54) is 24.3 Å². The summed E-state index contributed by atoms with van der Waals surface area (Å²) in [5.41, 5.74) is -0.805. The summed E-state index contributed by atoms with van der Waals surface area (Å²) in [6.07, 6.45) is -4.53. The molecule has 3 aromatic rings. The molecule has 0 atom stereocenters. The van der Waals surface area contributed by atoms with Gasteiger partial charge in [0.25, 0.3) is 11.8 Å². The van der Waals surface area contributed by atoms with Crippen molar-refractivity contribution in [3.8, 4) is 0 Å². The van der Waals surface area contributed by atoms with E-state index in [0.29, 0.717) is 10.4 Å². The molecule has 0 saturated carbocycles. The Morgan fingerprint density at radius 1 is 0.963 bits per heavy atom. The predicted molar refractivity (Wildman–Crippen MR) is 85.7 cm³/mol. The zero-order chi connectivity index (χ0) is 19.3. The molecule has 2 amide bonds. The van der Waals surface area contributed by atoms with Gasteiger partial charge in [-0.1, -0.05) is 23.3 Å². The van der Waals surface area contributed by atoms with Gasteiger partial charge in [-0.3, -0.25) is 9.59 Å². The van der Waals surface area contributed by atoms with Crippen molar-refractivity contribution in [3.63, 3.8) is 0 Å². The van der Waals surface area contributed by atoms with Gasteiger partial charge in [0.05, 0.1) is 16.7 Å². The van der Waals surface area contributed by atoms with Crippen LogP contribution in [0.25, 0.3) is 10.9 Å². The molecule has 1 aromatic heterocycles. The number of hydroxylamine groups is 2. The minimum atomic E-state index is -4.53. The number of carbonyl (C=O) groups is 3. The maximum absolute atomic E-state index is 12.8. The van der Waals surface area contributed by atoms with E-state index in [2.05, 4.69) is 4.98 Å². The molecule has 6 nitrogen and oxygen atoms in total. The van der Waals surface area contributed by atoms with Gasteiger partial charge >= 0.3 is 12.1 Å². The summed E-state index contributed by atoms with van der Waals surface area (Å²) in [5, 5.41) is 0.678. The Bertz CT molecular complexity index is 1080. The number of aromatic amines is 1. The molecule has 0 fully saturated rings. The number of H-pyrrole nitrogens is 1. The first-order valence-corrected chi connectivity index (χ1v) is 7.66. The molecular formula is C18H9F3N2O4. The molecule has 0 spiro atoms. The summed E-state index contributed by atoms with van der Waals surface area (Å²) in [4.78, 5) is 44.0. The van der Waals surface area contributed by atoms with Crippen LogP contribution in [-0.2, 0) is 11.0 Å². The molecule has 0 aliphatic carbocycles. The molecule has 136 valence electrons. The number of hydrogen-bond donors (Lipinski definition) is 1. The first-order valence-electron chi connectivity index (χ1n) is 7.66. The van der Waals surface area contributed by atoms with Crippen LogP contribution in [0.3, 0.4) is 0 Å². The minimum Gasteiger partial charge on any atom is -0.349 e. The molecule has 9 heteroatoms. The Morgan fingerprint density at radius 3 is 2.19 bits per heavy atom. The van der Waals surface area contributed by atoms with Gasteiger partial charge in [-0.2, -0.15) is 13.2 Å². The number of aromatic nitrogens is 1. The number of hydrogen-bond acceptors (Lipinski definition) is 4. The zero-order valence-electron chi connectivity index (χ0n) is 13.3. The Labute approximate surface area is 149 Å². The van der Waals surface area contributed by atoms with Crippen molar-refractivity contribution < 1.29 is 32.4 Å². The maximum Gasteiger partial charge on any atom is 0.416 e. The van der Waals surface area contributed by atoms with E-state index in [9.17, 15) is 27.6 Å². The zero-order valence-corrected chi connectivity index (χ0v) is 13.3. The fourth-order valence-corrected chi connectivity index (χ4v) is 2.80. The van der Waals surface area contributed by atoms with Crippen LogP contribution in [0.5, 0.6) is 0 Å². The summed E-state index contributed by atoms with van der Waals surface area (Å²) in [5.74, 6) is -2.66. The lowest BCUT2D eigenvalue weighted by Gasteiger charge is -2.11. The number of imide groups is 1. The first kappa shape index (κ1) is 16.8. The van der Waals surface area contributed by atoms with E-state index in [4.69, 9.17) is 4.84 Å². The van der Waals surface area contributed by atoms with E-state index in [1.54, 1.807) is 12.1 Å². The maximum atomic E-state index is 12.8. The molecule has 1 aliphatic heterocycles. The minimum absolute atomic E-state index is 0.0686. The second kappa shape index (κ2) is 5.70. The number of alkyl halides is 3. The monoisotopic (exact) mass is 374 g/mol. The van der Waals surface area contributed by atoms with E-state index >= 15 is 0 Å². The third kappa shape index (κ3) is 2.73. The largest absolute Gasteiger partial charge is 0.416 e. The lowest BCUT2D eigenvalue weighted by molar-refractivity contribution is -0.137. The summed E-state index contributed by atoms with van der Waals surface area (Å²) >= 11 is 0. The normalized spacial score (nSPS) is 14.0. The molecule has 4 rings (SSSR count). The number of benzene rings is 2. The molecular weight excluding hydrogens is 365 g/mol. The number of amides is 2. The molecule has 0 radical (unpaired) electrons. The Hall–Kier alpha value is -3.62. The highest BCUT2D eigenvalue weighted by Crippen LogP contribution is 2.31. The van der Waals surface area contributed by atoms with Gasteiger partial charge in [0.1, 0.15) is 5.69 Å². The molecule has 0 unspecified atom stereocenters. The van der Waals surface area contributed by atoms with Gasteiger partial charge in [0.2, 0.25) is 0 Å². The van der Waals surface area contributed by atoms with Gasteiger partial charge in [-0.15, -0.1) is 0 Å². The van der Waals surface area contributed by atoms with Crippen LogP contribution in [0, 0.1) is 0 Å². The fourth-order valence-electron chi connectivity index (χ4n) is 2.80. The number of rotatable bonds is 2. The second-order valence-corrected chi connectivity index (χ2v) is 5.81. The first-order chi connectivity index (χ1) is 12.8. The van der Waals surface area contributed by atoms with Gasteiger partial charge in [0.15, 0.2) is 0 Å². The van der Waals surface area contributed by atoms with Crippen molar-refractivity contribution in [2.24, 2.45) is 0 Å². The van der Waals surface area contributed by atoms with Crippen molar-refractivity contribution in [1.82, 2.24) is 10.0 Å². The lowest BCUT2D eigenvalue weighted by Crippen LogP contribution is -2.32. The third-order valence-corrected chi connectivity index (χ3v) is 4.10. The van der Waals surface area contributed by atoms with E-state index < -0.39 is 29.5 Å². The average molecular weight is 374 g/mol. The standard InChI is InChI=1S/C18H9F3N2O4/c19-18(20,21)10-6-5-9-7-14(22-13(9)8-10)17(26)27-23-15(24)11-3-1-2-4-12(11)16(23)25/h1-8,22H. The average Bonchev–Trinajstić information content (AvgIpc) is 3.16. The Morgan fingerprint density at radius 2 is 1.59 bits per heavy atom. The number of fused-ring (bicyclic) bond motifs is 2. The Balaban J connectivity index is 1.61. The molecule has 0 saturated heterocycles. The van der Waals surface area contributed by atoms with Crippen LogP contribution in [-0.4, -0.2) is 27.8 Å². The molecule has 0 bridgehead atoms. The third-order valence-electron chi connectivity index (χ3n) is 4.10. The van der Waals surface area contributed by atoms with E-state index in [1.807, 2.05) is 0 Å². The SMILES string of the molecule is O=C(ON1C(=O)c2ccccc2C1=O)c1cc2ccc(C(F)(F)F)cc2[nH]1. The van der Waals surface area contributed by atoms with Gasteiger partial charge in [-0.25, -0.2) is 4.79 Å². The topological polar surface area (TPSA) is 79.5 Å². The lowest BCUT2D eigenvalue weighted by atomic mass is 10.1. The second-order valence-electron chi connectivity index (χ2n) is 5.81. The Kier molecular flexibility index (Phi) is 3.55. The summed E-state index contributed by atoms with van der Waals surface area (Å²) in [6, 6.07) is 10.2. The van der Waals surface area contributed by atoms with Crippen LogP contribution < -0.4 is 0 Å². The summed E-state index contributed by atoms with van der Waals surface area (Å²) in [7, 11) is 0. The summed E-state index contributed by atoms with van der Waals surface area (Å²) in [6.45, 7) is 0. The number of carbonyl (C=O) groups excluding carboxylic acids is 3. The van der Waals surface area contributed by atoms with Crippen LogP contribution in [0.15, 0.2) is 48.5 Å². The van der Waals surface area contributed by atoms with Gasteiger partial charge in [-0.05, 0) is 30.3 Å². The van der Waals surface area contributed by atoms with E-state index in [-0.39, 0.29) is 22.3 Å². The number of nitrogens with one attached hydrogen (secondary N) is 1. The van der Waals surface area contributed by atoms with Crippen molar-refractivity contribution in [2.75, 3.05) is 0 Å². The number of nitrogens with zero attached hydrogens (tertiary/aromatic N) is 1. The van der Waals surface area contributed by atoms with Crippen LogP contribution in [0.2, 0.25) is 0 Å². The van der Waals surface area contributed by atoms with Crippen molar-refractivity contribution in [3.05, 3.63) is 70.9 Å². The number of halogens is 3. The highest BCUT2D eigenvalue weighted by Gasteiger charge is 2.39. The molecule has 1 N–H and O–H groups in total. The predicted octanol–water partition coefficient (Wildman–Crippen LogP) is 3.55. The van der Waals surface area contributed by atoms with Crippen molar-refractivity contribution >= 4 is 28.7 Å². The van der Waals surface area contributed by atoms with Gasteiger partial charge < -0.3 is 9.82 Å². The van der Waals surface area contributed by atoms with Crippen LogP contribution in [0.1, 0.15) is 36.8 Å². The fraction of sp³-hybridized carbons (Fsp3) is 0.0556. The smallest absolute Gasteiger partial charge is 0.349 e. The highest BCUT2D eigenvalue weighted by atomic mass is 19.4. The van der Waals surface area contributed by atoms with Crippen molar-refractivity contribution in [2.45, 2.75) is 6.18 Å². The van der Waals surface area contributed by atoms with Crippen LogP contribution >= 0.6 is 0 Å². The molecule has 2 aromatic carbocycles. The highest BCUT2D eigenvalue weighted by molar-refractivity contribution is 6.21. The van der Waals surface area contributed by atoms with Crippen LogP contribution in [0.4, 0.5) is 13.2 Å². The van der Waals surface area contributed by atoms with E-state index in [0.717, 1.165) is 12.1 Å². The molecule has 1 aliphatic rings. The summed E-state index contributed by atoms with van der Waals surface area (Å²) < 4.78 is 38.3. The quantitative estimate of drug-likeness (QED) is 0.696.